The van der Waals surface area contributed by atoms with E-state index in [-0.39, 0.29) is 12.0 Å². The van der Waals surface area contributed by atoms with E-state index in [0.29, 0.717) is 18.9 Å². The minimum Gasteiger partial charge on any atom is -0.391 e. The second-order valence-electron chi connectivity index (χ2n) is 3.39. The molecule has 1 rings (SSSR count). The summed E-state index contributed by atoms with van der Waals surface area (Å²) in [5.41, 5.74) is 0. The van der Waals surface area contributed by atoms with Gasteiger partial charge in [-0.3, -0.25) is 4.79 Å². The van der Waals surface area contributed by atoms with Crippen LogP contribution in [0.4, 0.5) is 0 Å². The monoisotopic (exact) mass is 171 g/mol. The first-order valence-corrected chi connectivity index (χ1v) is 4.64. The van der Waals surface area contributed by atoms with Gasteiger partial charge in [0.2, 0.25) is 5.91 Å². The number of aliphatic hydroxyl groups excluding tert-OH is 1. The molecule has 1 N–H and O–H groups in total. The van der Waals surface area contributed by atoms with Crippen LogP contribution in [0.5, 0.6) is 0 Å². The number of carbonyl (C=O) groups is 1. The Morgan fingerprint density at radius 2 is 2.17 bits per heavy atom. The summed E-state index contributed by atoms with van der Waals surface area (Å²) in [7, 11) is 0. The molecule has 0 saturated carbocycles. The van der Waals surface area contributed by atoms with Crippen molar-refractivity contribution >= 4 is 5.91 Å². The summed E-state index contributed by atoms with van der Waals surface area (Å²) in [6.45, 7) is 5.18. The molecule has 3 nitrogen and oxygen atoms in total. The van der Waals surface area contributed by atoms with E-state index in [4.69, 9.17) is 0 Å². The largest absolute Gasteiger partial charge is 0.391 e. The van der Waals surface area contributed by atoms with Gasteiger partial charge in [0.15, 0.2) is 0 Å². The number of rotatable bonds is 2. The summed E-state index contributed by atoms with van der Waals surface area (Å²) in [4.78, 5) is 13.0. The molecule has 0 aromatic carbocycles. The van der Waals surface area contributed by atoms with E-state index < -0.39 is 0 Å². The van der Waals surface area contributed by atoms with Crippen molar-refractivity contribution in [1.29, 1.82) is 0 Å². The lowest BCUT2D eigenvalue weighted by molar-refractivity contribution is -0.130. The van der Waals surface area contributed by atoms with Crippen molar-refractivity contribution in [3.63, 3.8) is 0 Å². The Balaban J connectivity index is 2.48. The fourth-order valence-corrected chi connectivity index (χ4v) is 1.68. The average Bonchev–Trinajstić information content (AvgIpc) is 2.45. The van der Waals surface area contributed by atoms with Gasteiger partial charge < -0.3 is 10.0 Å². The summed E-state index contributed by atoms with van der Waals surface area (Å²) in [5, 5.41) is 9.51. The summed E-state index contributed by atoms with van der Waals surface area (Å²) in [6, 6.07) is 0. The molecular formula is C9H17NO2. The van der Waals surface area contributed by atoms with Crippen LogP contribution in [-0.4, -0.2) is 35.1 Å². The molecule has 0 bridgehead atoms. The second-order valence-corrected chi connectivity index (χ2v) is 3.39. The van der Waals surface area contributed by atoms with Crippen molar-refractivity contribution in [3.8, 4) is 0 Å². The molecule has 1 heterocycles. The number of amides is 1. The van der Waals surface area contributed by atoms with Crippen LogP contribution in [-0.2, 0) is 4.79 Å². The lowest BCUT2D eigenvalue weighted by Crippen LogP contribution is -2.28. The summed E-state index contributed by atoms with van der Waals surface area (Å²) in [5.74, 6) is 0.450. The van der Waals surface area contributed by atoms with Gasteiger partial charge in [0.05, 0.1) is 6.10 Å². The Bertz CT molecular complexity index is 170. The predicted octanol–water partition coefficient (Wildman–Crippen LogP) is 0.626. The summed E-state index contributed by atoms with van der Waals surface area (Å²) in [6.07, 6.45) is 1.20. The molecule has 1 aliphatic heterocycles. The molecule has 1 aliphatic rings. The maximum atomic E-state index is 11.2. The van der Waals surface area contributed by atoms with E-state index in [9.17, 15) is 9.90 Å². The third kappa shape index (κ3) is 1.78. The Morgan fingerprint density at radius 3 is 2.58 bits per heavy atom. The van der Waals surface area contributed by atoms with Gasteiger partial charge in [-0.2, -0.15) is 0 Å². The Hall–Kier alpha value is -0.570. The zero-order chi connectivity index (χ0) is 9.14. The molecule has 0 aliphatic carbocycles. The number of hydrogen-bond donors (Lipinski definition) is 1. The minimum atomic E-state index is -0.300. The van der Waals surface area contributed by atoms with Crippen molar-refractivity contribution in [1.82, 2.24) is 4.90 Å². The maximum Gasteiger partial charge on any atom is 0.222 e. The fraction of sp³-hybridized carbons (Fsp3) is 0.889. The minimum absolute atomic E-state index is 0.157. The SMILES string of the molecule is CCC(=O)N1C[C@@H](CC)[C@H](O)C1. The van der Waals surface area contributed by atoms with Gasteiger partial charge in [-0.15, -0.1) is 0 Å². The third-order valence-corrected chi connectivity index (χ3v) is 2.59. The molecule has 12 heavy (non-hydrogen) atoms. The standard InChI is InChI=1S/C9H17NO2/c1-3-7-5-10(6-8(7)11)9(12)4-2/h7-8,11H,3-6H2,1-2H3/t7-,8-/m1/s1. The highest BCUT2D eigenvalue weighted by Crippen LogP contribution is 2.20. The van der Waals surface area contributed by atoms with Gasteiger partial charge in [-0.05, 0) is 6.42 Å². The highest BCUT2D eigenvalue weighted by Gasteiger charge is 2.31. The normalized spacial score (nSPS) is 29.4. The van der Waals surface area contributed by atoms with Gasteiger partial charge in [0.25, 0.3) is 0 Å². The molecule has 1 amide bonds. The van der Waals surface area contributed by atoms with Crippen LogP contribution in [0, 0.1) is 5.92 Å². The van der Waals surface area contributed by atoms with E-state index in [1.54, 1.807) is 4.90 Å². The summed E-state index contributed by atoms with van der Waals surface area (Å²) < 4.78 is 0. The molecule has 2 atom stereocenters. The molecule has 0 aromatic rings. The number of carbonyl (C=O) groups excluding carboxylic acids is 1. The zero-order valence-corrected chi connectivity index (χ0v) is 7.79. The third-order valence-electron chi connectivity index (χ3n) is 2.59. The molecule has 1 fully saturated rings. The highest BCUT2D eigenvalue weighted by atomic mass is 16.3. The Labute approximate surface area is 73.4 Å². The van der Waals surface area contributed by atoms with Crippen LogP contribution in [0.2, 0.25) is 0 Å². The number of hydrogen-bond acceptors (Lipinski definition) is 2. The smallest absolute Gasteiger partial charge is 0.222 e. The highest BCUT2D eigenvalue weighted by molar-refractivity contribution is 5.76. The van der Waals surface area contributed by atoms with E-state index in [1.807, 2.05) is 13.8 Å². The number of β-amino-alcohol motifs (C(OH)–C–C–N with tert-alkyl or cyclic N) is 1. The molecule has 0 unspecified atom stereocenters. The summed E-state index contributed by atoms with van der Waals surface area (Å²) >= 11 is 0. The molecule has 0 aromatic heterocycles. The first-order valence-electron chi connectivity index (χ1n) is 4.64. The van der Waals surface area contributed by atoms with E-state index >= 15 is 0 Å². The van der Waals surface area contributed by atoms with Crippen LogP contribution in [0.15, 0.2) is 0 Å². The zero-order valence-electron chi connectivity index (χ0n) is 7.79. The average molecular weight is 171 g/mol. The van der Waals surface area contributed by atoms with Crippen LogP contribution >= 0.6 is 0 Å². The fourth-order valence-electron chi connectivity index (χ4n) is 1.68. The number of nitrogens with zero attached hydrogens (tertiary/aromatic N) is 1. The predicted molar refractivity (Wildman–Crippen MR) is 46.7 cm³/mol. The molecular weight excluding hydrogens is 154 g/mol. The van der Waals surface area contributed by atoms with Crippen LogP contribution in [0.25, 0.3) is 0 Å². The van der Waals surface area contributed by atoms with Gasteiger partial charge in [0, 0.05) is 25.4 Å². The first-order chi connectivity index (χ1) is 5.69. The Morgan fingerprint density at radius 1 is 1.50 bits per heavy atom. The Kier molecular flexibility index (Phi) is 3.09. The second kappa shape index (κ2) is 3.90. The molecule has 0 radical (unpaired) electrons. The lowest BCUT2D eigenvalue weighted by atomic mass is 10.0. The first kappa shape index (κ1) is 9.52. The van der Waals surface area contributed by atoms with Gasteiger partial charge in [-0.1, -0.05) is 13.8 Å². The number of aliphatic hydroxyl groups is 1. The van der Waals surface area contributed by atoms with E-state index in [2.05, 4.69) is 0 Å². The van der Waals surface area contributed by atoms with Crippen LogP contribution in [0.3, 0.4) is 0 Å². The van der Waals surface area contributed by atoms with Crippen molar-refractivity contribution in [3.05, 3.63) is 0 Å². The van der Waals surface area contributed by atoms with E-state index in [1.165, 1.54) is 0 Å². The van der Waals surface area contributed by atoms with Crippen LogP contribution in [0.1, 0.15) is 26.7 Å². The lowest BCUT2D eigenvalue weighted by Gasteiger charge is -2.13. The van der Waals surface area contributed by atoms with Gasteiger partial charge in [0.1, 0.15) is 0 Å². The van der Waals surface area contributed by atoms with Gasteiger partial charge >= 0.3 is 0 Å². The van der Waals surface area contributed by atoms with E-state index in [0.717, 1.165) is 13.0 Å². The number of likely N-dealkylation sites (tertiary alicyclic amines) is 1. The topological polar surface area (TPSA) is 40.5 Å². The molecule has 3 heteroatoms. The van der Waals surface area contributed by atoms with Crippen molar-refractivity contribution in [2.45, 2.75) is 32.8 Å². The molecule has 0 spiro atoms. The quantitative estimate of drug-likeness (QED) is 0.662. The van der Waals surface area contributed by atoms with Crippen molar-refractivity contribution < 1.29 is 9.90 Å². The molecule has 70 valence electrons. The maximum absolute atomic E-state index is 11.2. The van der Waals surface area contributed by atoms with Crippen LogP contribution < -0.4 is 0 Å². The van der Waals surface area contributed by atoms with Crippen molar-refractivity contribution in [2.75, 3.05) is 13.1 Å². The van der Waals surface area contributed by atoms with Gasteiger partial charge in [-0.25, -0.2) is 0 Å². The molecule has 1 saturated heterocycles. The van der Waals surface area contributed by atoms with Crippen molar-refractivity contribution in [2.24, 2.45) is 5.92 Å².